The molecule has 2 amide bonds. The molecule has 2 unspecified atom stereocenters. The van der Waals surface area contributed by atoms with Crippen molar-refractivity contribution in [3.63, 3.8) is 0 Å². The number of nitrogens with one attached hydrogen (secondary N) is 2. The molecule has 4 N–H and O–H groups in total. The van der Waals surface area contributed by atoms with Gasteiger partial charge in [-0.1, -0.05) is 36.4 Å². The molecule has 1 aromatic heterocycles. The van der Waals surface area contributed by atoms with Crippen molar-refractivity contribution in [2.45, 2.75) is 44.2 Å². The second-order valence-electron chi connectivity index (χ2n) is 8.50. The van der Waals surface area contributed by atoms with E-state index in [1.54, 1.807) is 18.5 Å². The summed E-state index contributed by atoms with van der Waals surface area (Å²) in [5.41, 5.74) is 2.69. The minimum absolute atomic E-state index is 0.115. The number of nitrogens with zero attached hydrogens (tertiary/aromatic N) is 2. The van der Waals surface area contributed by atoms with Gasteiger partial charge in [0.15, 0.2) is 12.5 Å². The number of anilines is 1. The van der Waals surface area contributed by atoms with Crippen LogP contribution in [0.1, 0.15) is 31.4 Å². The Morgan fingerprint density at radius 1 is 1.09 bits per heavy atom. The van der Waals surface area contributed by atoms with Crippen molar-refractivity contribution in [1.29, 1.82) is 0 Å². The van der Waals surface area contributed by atoms with Crippen LogP contribution in [0.2, 0.25) is 0 Å². The number of imidazole rings is 1. The van der Waals surface area contributed by atoms with Gasteiger partial charge in [-0.2, -0.15) is 0 Å². The molecule has 12 heteroatoms. The smallest absolute Gasteiger partial charge is 0.325 e. The van der Waals surface area contributed by atoms with E-state index in [-0.39, 0.29) is 18.6 Å². The van der Waals surface area contributed by atoms with Crippen LogP contribution in [-0.2, 0) is 18.8 Å². The number of ether oxygens (including phenoxy) is 3. The third kappa shape index (κ3) is 4.97. The first-order valence-corrected chi connectivity index (χ1v) is 13.2. The third-order valence-electron chi connectivity index (χ3n) is 6.09. The zero-order valence-corrected chi connectivity index (χ0v) is 19.9. The first-order valence-electron chi connectivity index (χ1n) is 11.4. The fourth-order valence-electron chi connectivity index (χ4n) is 4.54. The van der Waals surface area contributed by atoms with Crippen LogP contribution < -0.4 is 10.6 Å². The molecule has 2 aliphatic heterocycles. The number of aromatic nitrogens is 2. The van der Waals surface area contributed by atoms with E-state index < -0.39 is 38.4 Å². The summed E-state index contributed by atoms with van der Waals surface area (Å²) < 4.78 is 32.1. The number of fused-ring (bicyclic) bond motifs is 2. The van der Waals surface area contributed by atoms with Gasteiger partial charge in [-0.3, -0.25) is 4.57 Å². The molecule has 2 aromatic carbocycles. The quantitative estimate of drug-likeness (QED) is 0.361. The van der Waals surface area contributed by atoms with Gasteiger partial charge in [-0.05, 0) is 25.5 Å². The number of para-hydroxylation sites is 1. The van der Waals surface area contributed by atoms with Crippen LogP contribution >= 0.6 is 7.60 Å². The van der Waals surface area contributed by atoms with Crippen LogP contribution in [0.25, 0.3) is 11.0 Å². The number of rotatable bonds is 7. The summed E-state index contributed by atoms with van der Waals surface area (Å²) in [5.74, 6) is 0. The summed E-state index contributed by atoms with van der Waals surface area (Å²) in [6.07, 6.45) is -1.49. The summed E-state index contributed by atoms with van der Waals surface area (Å²) >= 11 is 0. The molecule has 2 aliphatic rings. The highest BCUT2D eigenvalue weighted by atomic mass is 31.2. The van der Waals surface area contributed by atoms with Crippen molar-refractivity contribution in [3.8, 4) is 0 Å². The molecular formula is C23H27N4O7P. The molecule has 0 radical (unpaired) electrons. The van der Waals surface area contributed by atoms with E-state index >= 15 is 0 Å². The van der Waals surface area contributed by atoms with Crippen LogP contribution in [0.5, 0.6) is 0 Å². The van der Waals surface area contributed by atoms with Gasteiger partial charge >= 0.3 is 13.6 Å². The Balaban J connectivity index is 1.45. The van der Waals surface area contributed by atoms with E-state index in [9.17, 15) is 19.1 Å². The third-order valence-corrected chi connectivity index (χ3v) is 6.93. The lowest BCUT2D eigenvalue weighted by atomic mass is 10.1. The molecule has 0 spiro atoms. The molecule has 35 heavy (non-hydrogen) atoms. The Bertz CT molecular complexity index is 1250. The Morgan fingerprint density at radius 2 is 1.86 bits per heavy atom. The number of amides is 2. The van der Waals surface area contributed by atoms with Gasteiger partial charge in [0.1, 0.15) is 17.7 Å². The molecule has 0 saturated carbocycles. The largest absolute Gasteiger partial charge is 0.349 e. The minimum Gasteiger partial charge on any atom is -0.349 e. The molecule has 5 rings (SSSR count). The molecular weight excluding hydrogens is 475 g/mol. The lowest BCUT2D eigenvalue weighted by Gasteiger charge is -2.22. The van der Waals surface area contributed by atoms with E-state index in [0.717, 1.165) is 5.56 Å². The zero-order chi connectivity index (χ0) is 24.6. The first kappa shape index (κ1) is 23.9. The van der Waals surface area contributed by atoms with Crippen molar-refractivity contribution in [2.24, 2.45) is 0 Å². The van der Waals surface area contributed by atoms with Crippen LogP contribution in [-0.4, -0.2) is 56.4 Å². The molecule has 3 heterocycles. The fourth-order valence-corrected chi connectivity index (χ4v) is 5.13. The average Bonchev–Trinajstić information content (AvgIpc) is 3.52. The summed E-state index contributed by atoms with van der Waals surface area (Å²) in [7, 11) is -4.21. The van der Waals surface area contributed by atoms with Gasteiger partial charge in [-0.25, -0.2) is 9.78 Å². The second kappa shape index (κ2) is 9.69. The Hall–Kier alpha value is -2.79. The van der Waals surface area contributed by atoms with E-state index in [0.29, 0.717) is 23.3 Å². The number of hydrogen-bond acceptors (Lipinski definition) is 6. The normalized spacial score (nSPS) is 26.1. The van der Waals surface area contributed by atoms with Crippen molar-refractivity contribution in [2.75, 3.05) is 18.0 Å². The predicted octanol–water partition coefficient (Wildman–Crippen LogP) is 3.13. The summed E-state index contributed by atoms with van der Waals surface area (Å²) in [4.78, 5) is 35.4. The maximum atomic E-state index is 12.1. The topological polar surface area (TPSA) is 144 Å². The van der Waals surface area contributed by atoms with Crippen LogP contribution in [0.4, 0.5) is 10.5 Å². The van der Waals surface area contributed by atoms with Gasteiger partial charge in [0, 0.05) is 12.1 Å². The Labute approximate surface area is 201 Å². The van der Waals surface area contributed by atoms with Crippen LogP contribution in [0.3, 0.4) is 0 Å². The van der Waals surface area contributed by atoms with Gasteiger partial charge in [0.25, 0.3) is 0 Å². The number of hydrogen-bond donors (Lipinski definition) is 4. The minimum atomic E-state index is -4.21. The number of benzene rings is 2. The van der Waals surface area contributed by atoms with Crippen LogP contribution in [0, 0.1) is 0 Å². The number of urea groups is 1. The monoisotopic (exact) mass is 502 g/mol. The van der Waals surface area contributed by atoms with E-state index in [1.165, 1.54) is 0 Å². The molecule has 186 valence electrons. The Kier molecular flexibility index (Phi) is 6.63. The number of carbonyl (C=O) groups excluding carboxylic acids is 1. The molecule has 0 aliphatic carbocycles. The van der Waals surface area contributed by atoms with E-state index in [1.807, 2.05) is 47.9 Å². The molecule has 2 saturated heterocycles. The molecule has 2 fully saturated rings. The van der Waals surface area contributed by atoms with E-state index in [2.05, 4.69) is 15.6 Å². The van der Waals surface area contributed by atoms with Crippen molar-refractivity contribution < 1.29 is 33.4 Å². The first-order chi connectivity index (χ1) is 16.8. The maximum absolute atomic E-state index is 12.1. The van der Waals surface area contributed by atoms with Crippen molar-refractivity contribution >= 4 is 30.3 Å². The van der Waals surface area contributed by atoms with Crippen LogP contribution in [0.15, 0.2) is 54.9 Å². The molecule has 0 bridgehead atoms. The van der Waals surface area contributed by atoms with Gasteiger partial charge in [-0.15, -0.1) is 0 Å². The molecule has 5 atom stereocenters. The molecule has 3 aromatic rings. The highest BCUT2D eigenvalue weighted by molar-refractivity contribution is 7.51. The highest BCUT2D eigenvalue weighted by Gasteiger charge is 2.54. The second-order valence-corrected chi connectivity index (χ2v) is 10.3. The van der Waals surface area contributed by atoms with Gasteiger partial charge in [0.2, 0.25) is 0 Å². The van der Waals surface area contributed by atoms with Crippen molar-refractivity contribution in [1.82, 2.24) is 14.9 Å². The summed E-state index contributed by atoms with van der Waals surface area (Å²) in [6, 6.07) is 14.6. The number of carbonyl (C=O) groups is 1. The van der Waals surface area contributed by atoms with Crippen molar-refractivity contribution in [3.05, 3.63) is 60.4 Å². The van der Waals surface area contributed by atoms with E-state index in [4.69, 9.17) is 14.2 Å². The maximum Gasteiger partial charge on any atom is 0.325 e. The highest BCUT2D eigenvalue weighted by Crippen LogP contribution is 2.47. The van der Waals surface area contributed by atoms with Gasteiger partial charge < -0.3 is 39.2 Å². The fraction of sp³-hybridized carbons (Fsp3) is 0.391. The SMILES string of the molecule is CCNC(=O)Nc1cccc2c1ncn2[C@@H]1O[C@H](CCP(=O)(O)O)C2O[C@@H](c3ccccc3)OC21. The molecule has 11 nitrogen and oxygen atoms in total. The van der Waals surface area contributed by atoms with Gasteiger partial charge in [0.05, 0.1) is 29.8 Å². The lowest BCUT2D eigenvalue weighted by molar-refractivity contribution is -0.147. The Morgan fingerprint density at radius 3 is 2.60 bits per heavy atom. The lowest BCUT2D eigenvalue weighted by Crippen LogP contribution is -2.29. The average molecular weight is 502 g/mol. The summed E-state index contributed by atoms with van der Waals surface area (Å²) in [6.45, 7) is 2.32. The zero-order valence-electron chi connectivity index (χ0n) is 19.0. The standard InChI is InChI=1S/C23H27N4O7P/c1-2-24-23(28)26-15-9-6-10-16-18(15)25-13-27(16)21-20-19(17(32-21)11-12-35(29,30)31)33-22(34-20)14-7-4-3-5-8-14/h3-10,13,17,19-22H,2,11-12H2,1H3,(H2,24,26,28)(H2,29,30,31)/t17-,19?,20?,21-,22-/m1/s1. The summed E-state index contributed by atoms with van der Waals surface area (Å²) in [5, 5.41) is 5.49. The predicted molar refractivity (Wildman–Crippen MR) is 127 cm³/mol.